The summed E-state index contributed by atoms with van der Waals surface area (Å²) >= 11 is 0. The maximum atomic E-state index is 12.6. The molecule has 4 rings (SSSR count). The fourth-order valence-electron chi connectivity index (χ4n) is 4.07. The van der Waals surface area contributed by atoms with Crippen LogP contribution in [-0.2, 0) is 22.4 Å². The second-order valence-electron chi connectivity index (χ2n) is 6.90. The minimum Gasteiger partial charge on any atom is -0.371 e. The average Bonchev–Trinajstić information content (AvgIpc) is 2.63. The number of amides is 4. The zero-order valence-corrected chi connectivity index (χ0v) is 14.6. The molecule has 6 nitrogen and oxygen atoms in total. The summed E-state index contributed by atoms with van der Waals surface area (Å²) in [7, 11) is 0. The summed E-state index contributed by atoms with van der Waals surface area (Å²) in [5, 5.41) is 2.23. The Balaban J connectivity index is 1.74. The second kappa shape index (κ2) is 6.44. The normalized spacial score (nSPS) is 20.9. The molecule has 1 fully saturated rings. The van der Waals surface area contributed by atoms with E-state index in [1.54, 1.807) is 6.08 Å². The molecule has 1 saturated heterocycles. The molecule has 0 bridgehead atoms. The topological polar surface area (TPSA) is 69.7 Å². The van der Waals surface area contributed by atoms with E-state index in [2.05, 4.69) is 28.9 Å². The molecule has 0 radical (unpaired) electrons. The van der Waals surface area contributed by atoms with Crippen LogP contribution in [-0.4, -0.2) is 42.4 Å². The number of hydrogen-bond donors (Lipinski definition) is 1. The molecule has 3 aliphatic rings. The standard InChI is InChI=1S/C20H21N3O3/c1-2-7-23-19(25)16(18(24)21-20(23)26)12-13-10-14-5-3-8-22-9-4-6-15(11-13)17(14)22/h2,10-12H,1,3-9H2,(H,21,24,26). The number of benzene rings is 1. The van der Waals surface area contributed by atoms with E-state index in [9.17, 15) is 14.4 Å². The SMILES string of the molecule is C=CCN1C(=O)NC(=O)C(=Cc2cc3c4c(c2)CCCN4CCC3)C1=O. The monoisotopic (exact) mass is 351 g/mol. The molecule has 1 N–H and O–H groups in total. The van der Waals surface area contributed by atoms with E-state index >= 15 is 0 Å². The number of hydrogen-bond acceptors (Lipinski definition) is 4. The van der Waals surface area contributed by atoms with Crippen LogP contribution in [0.4, 0.5) is 10.5 Å². The lowest BCUT2D eigenvalue weighted by Gasteiger charge is -2.37. The summed E-state index contributed by atoms with van der Waals surface area (Å²) in [6.07, 6.45) is 7.32. The van der Waals surface area contributed by atoms with Gasteiger partial charge in [0.25, 0.3) is 11.8 Å². The van der Waals surface area contributed by atoms with E-state index in [1.807, 2.05) is 0 Å². The summed E-state index contributed by atoms with van der Waals surface area (Å²) in [4.78, 5) is 40.0. The fourth-order valence-corrected chi connectivity index (χ4v) is 4.07. The number of urea groups is 1. The Morgan fingerprint density at radius 2 is 1.73 bits per heavy atom. The van der Waals surface area contributed by atoms with Gasteiger partial charge in [-0.1, -0.05) is 6.08 Å². The molecule has 1 aromatic rings. The smallest absolute Gasteiger partial charge is 0.331 e. The van der Waals surface area contributed by atoms with Gasteiger partial charge in [-0.15, -0.1) is 6.58 Å². The van der Waals surface area contributed by atoms with Crippen LogP contribution >= 0.6 is 0 Å². The van der Waals surface area contributed by atoms with Gasteiger partial charge in [-0.25, -0.2) is 4.79 Å². The molecule has 0 aromatic heterocycles. The summed E-state index contributed by atoms with van der Waals surface area (Å²) in [5.74, 6) is -1.22. The van der Waals surface area contributed by atoms with E-state index in [0.717, 1.165) is 49.2 Å². The third-order valence-corrected chi connectivity index (χ3v) is 5.16. The third-order valence-electron chi connectivity index (χ3n) is 5.16. The van der Waals surface area contributed by atoms with Crippen LogP contribution < -0.4 is 10.2 Å². The molecule has 0 saturated carbocycles. The number of imide groups is 2. The molecule has 3 aliphatic heterocycles. The highest BCUT2D eigenvalue weighted by Crippen LogP contribution is 2.36. The summed E-state index contributed by atoms with van der Waals surface area (Å²) < 4.78 is 0. The first-order chi connectivity index (χ1) is 12.6. The summed E-state index contributed by atoms with van der Waals surface area (Å²) in [6.45, 7) is 5.82. The predicted molar refractivity (Wildman–Crippen MR) is 98.7 cm³/mol. The van der Waals surface area contributed by atoms with Crippen LogP contribution in [0.5, 0.6) is 0 Å². The van der Waals surface area contributed by atoms with Crippen molar-refractivity contribution < 1.29 is 14.4 Å². The molecule has 0 aliphatic carbocycles. The van der Waals surface area contributed by atoms with E-state index in [-0.39, 0.29) is 12.1 Å². The van der Waals surface area contributed by atoms with E-state index in [1.165, 1.54) is 22.9 Å². The maximum Gasteiger partial charge on any atom is 0.331 e. The van der Waals surface area contributed by atoms with Gasteiger partial charge >= 0.3 is 6.03 Å². The van der Waals surface area contributed by atoms with Crippen LogP contribution in [0.25, 0.3) is 6.08 Å². The highest BCUT2D eigenvalue weighted by atomic mass is 16.2. The zero-order chi connectivity index (χ0) is 18.3. The zero-order valence-electron chi connectivity index (χ0n) is 14.6. The van der Waals surface area contributed by atoms with Crippen LogP contribution in [0.1, 0.15) is 29.5 Å². The largest absolute Gasteiger partial charge is 0.371 e. The van der Waals surface area contributed by atoms with Gasteiger partial charge in [0.15, 0.2) is 0 Å². The Bertz CT molecular complexity index is 825. The van der Waals surface area contributed by atoms with Gasteiger partial charge in [0.2, 0.25) is 0 Å². The van der Waals surface area contributed by atoms with Crippen molar-refractivity contribution in [3.8, 4) is 0 Å². The Kier molecular flexibility index (Phi) is 4.11. The number of nitrogens with one attached hydrogen (secondary N) is 1. The number of barbiturate groups is 1. The van der Waals surface area contributed by atoms with E-state index in [4.69, 9.17) is 0 Å². The predicted octanol–water partition coefficient (Wildman–Crippen LogP) is 2.03. The van der Waals surface area contributed by atoms with Crippen molar-refractivity contribution in [1.29, 1.82) is 0 Å². The number of rotatable bonds is 3. The third kappa shape index (κ3) is 2.71. The van der Waals surface area contributed by atoms with Crippen molar-refractivity contribution in [2.45, 2.75) is 25.7 Å². The molecule has 3 heterocycles. The Morgan fingerprint density at radius 3 is 2.35 bits per heavy atom. The number of carbonyl (C=O) groups is 3. The number of nitrogens with zero attached hydrogens (tertiary/aromatic N) is 2. The fraction of sp³-hybridized carbons (Fsp3) is 0.350. The first-order valence-corrected chi connectivity index (χ1v) is 8.99. The van der Waals surface area contributed by atoms with E-state index < -0.39 is 17.8 Å². The minimum atomic E-state index is -0.701. The minimum absolute atomic E-state index is 0.0120. The lowest BCUT2D eigenvalue weighted by atomic mass is 9.89. The Morgan fingerprint density at radius 1 is 1.08 bits per heavy atom. The molecule has 1 aromatic carbocycles. The van der Waals surface area contributed by atoms with Crippen molar-refractivity contribution in [3.63, 3.8) is 0 Å². The lowest BCUT2D eigenvalue weighted by molar-refractivity contribution is -0.129. The number of aryl methyl sites for hydroxylation is 2. The van der Waals surface area contributed by atoms with E-state index in [0.29, 0.717) is 0 Å². The molecule has 6 heteroatoms. The number of anilines is 1. The first-order valence-electron chi connectivity index (χ1n) is 8.99. The molecule has 26 heavy (non-hydrogen) atoms. The van der Waals surface area contributed by atoms with Gasteiger partial charge in [-0.3, -0.25) is 19.8 Å². The van der Waals surface area contributed by atoms with Crippen molar-refractivity contribution in [2.75, 3.05) is 24.5 Å². The quantitative estimate of drug-likeness (QED) is 0.514. The van der Waals surface area contributed by atoms with Gasteiger partial charge in [-0.05, 0) is 60.6 Å². The van der Waals surface area contributed by atoms with Crippen molar-refractivity contribution in [3.05, 3.63) is 47.1 Å². The molecule has 0 unspecified atom stereocenters. The number of carbonyl (C=O) groups excluding carboxylic acids is 3. The van der Waals surface area contributed by atoms with Gasteiger partial charge in [0.05, 0.1) is 0 Å². The second-order valence-corrected chi connectivity index (χ2v) is 6.90. The molecular weight excluding hydrogens is 330 g/mol. The van der Waals surface area contributed by atoms with Crippen LogP contribution in [0.3, 0.4) is 0 Å². The van der Waals surface area contributed by atoms with Gasteiger partial charge in [0, 0.05) is 25.3 Å². The lowest BCUT2D eigenvalue weighted by Crippen LogP contribution is -2.54. The summed E-state index contributed by atoms with van der Waals surface area (Å²) in [6, 6.07) is 3.43. The molecule has 4 amide bonds. The highest BCUT2D eigenvalue weighted by Gasteiger charge is 2.35. The first kappa shape index (κ1) is 16.6. The van der Waals surface area contributed by atoms with Gasteiger partial charge < -0.3 is 4.90 Å². The van der Waals surface area contributed by atoms with Crippen LogP contribution in [0, 0.1) is 0 Å². The average molecular weight is 351 g/mol. The molecular formula is C20H21N3O3. The van der Waals surface area contributed by atoms with Crippen molar-refractivity contribution >= 4 is 29.6 Å². The molecule has 134 valence electrons. The van der Waals surface area contributed by atoms with Gasteiger partial charge in [-0.2, -0.15) is 0 Å². The highest BCUT2D eigenvalue weighted by molar-refractivity contribution is 6.31. The maximum absolute atomic E-state index is 12.6. The van der Waals surface area contributed by atoms with Crippen LogP contribution in [0.15, 0.2) is 30.4 Å². The van der Waals surface area contributed by atoms with Crippen molar-refractivity contribution in [1.82, 2.24) is 10.2 Å². The van der Waals surface area contributed by atoms with Crippen LogP contribution in [0.2, 0.25) is 0 Å². The Labute approximate surface area is 152 Å². The van der Waals surface area contributed by atoms with Gasteiger partial charge in [0.1, 0.15) is 5.57 Å². The van der Waals surface area contributed by atoms with Crippen molar-refractivity contribution in [2.24, 2.45) is 0 Å². The molecule has 0 atom stereocenters. The molecule has 0 spiro atoms. The summed E-state index contributed by atoms with van der Waals surface area (Å²) in [5.41, 5.74) is 4.73. The Hall–Kier alpha value is -2.89.